The van der Waals surface area contributed by atoms with Crippen LogP contribution in [-0.4, -0.2) is 20.8 Å². The number of nitrogen functional groups attached to an aromatic ring is 2. The lowest BCUT2D eigenvalue weighted by molar-refractivity contribution is 0.0953. The molecule has 5 N–H and O–H groups in total. The molecule has 1 aromatic carbocycles. The fourth-order valence-electron chi connectivity index (χ4n) is 1.42. The molecule has 7 nitrogen and oxygen atoms in total. The predicted octanol–water partition coefficient (Wildman–Crippen LogP) is -0.112. The first-order valence-corrected chi connectivity index (χ1v) is 6.07. The highest BCUT2D eigenvalue weighted by Crippen LogP contribution is 2.21. The topological polar surface area (TPSA) is 112 Å². The third-order valence-electron chi connectivity index (χ3n) is 2.29. The van der Waals surface area contributed by atoms with Crippen LogP contribution in [0.3, 0.4) is 0 Å². The lowest BCUT2D eigenvalue weighted by Crippen LogP contribution is -2.30. The first kappa shape index (κ1) is 12.4. The van der Waals surface area contributed by atoms with E-state index in [9.17, 15) is 4.79 Å². The highest BCUT2D eigenvalue weighted by molar-refractivity contribution is 7.98. The van der Waals surface area contributed by atoms with Crippen molar-refractivity contribution >= 4 is 17.7 Å². The Balaban J connectivity index is 2.14. The van der Waals surface area contributed by atoms with Gasteiger partial charge in [-0.2, -0.15) is 0 Å². The molecule has 0 fully saturated rings. The number of hydrogen-bond acceptors (Lipinski definition) is 6. The Kier molecular flexibility index (Phi) is 3.80. The molecule has 0 saturated carbocycles. The van der Waals surface area contributed by atoms with Crippen LogP contribution in [0.15, 0.2) is 35.7 Å². The number of nitrogens with one attached hydrogen (secondary N) is 1. The van der Waals surface area contributed by atoms with Crippen LogP contribution in [0.2, 0.25) is 0 Å². The van der Waals surface area contributed by atoms with Gasteiger partial charge in [0.2, 0.25) is 5.16 Å². The van der Waals surface area contributed by atoms with Gasteiger partial charge in [0, 0.05) is 11.3 Å². The molecule has 0 atom stereocenters. The highest BCUT2D eigenvalue weighted by Gasteiger charge is 2.11. The summed E-state index contributed by atoms with van der Waals surface area (Å²) in [4.78, 5) is 11.6. The molecule has 0 bridgehead atoms. The van der Waals surface area contributed by atoms with Crippen LogP contribution >= 0.6 is 11.8 Å². The minimum Gasteiger partial charge on any atom is -0.336 e. The van der Waals surface area contributed by atoms with Gasteiger partial charge in [0.05, 0.1) is 0 Å². The number of benzene rings is 1. The van der Waals surface area contributed by atoms with Crippen molar-refractivity contribution in [1.82, 2.24) is 20.3 Å². The maximum Gasteiger partial charge on any atom is 0.265 e. The largest absolute Gasteiger partial charge is 0.336 e. The Morgan fingerprint density at radius 2 is 2.22 bits per heavy atom. The maximum atomic E-state index is 11.6. The summed E-state index contributed by atoms with van der Waals surface area (Å²) >= 11 is 1.39. The van der Waals surface area contributed by atoms with E-state index in [0.29, 0.717) is 16.5 Å². The standard InChI is InChI=1S/C10H12N6OS/c11-14-9(17)8-4-2-1-3-7(8)5-18-10-15-13-6-16(10)12/h1-4,6H,5,11-12H2,(H,14,17). The average Bonchev–Trinajstić information content (AvgIpc) is 2.81. The van der Waals surface area contributed by atoms with Gasteiger partial charge in [-0.15, -0.1) is 10.2 Å². The van der Waals surface area contributed by atoms with Gasteiger partial charge >= 0.3 is 0 Å². The molecule has 94 valence electrons. The monoisotopic (exact) mass is 264 g/mol. The van der Waals surface area contributed by atoms with Crippen molar-refractivity contribution in [3.8, 4) is 0 Å². The number of nitrogens with two attached hydrogens (primary N) is 2. The number of thioether (sulfide) groups is 1. The van der Waals surface area contributed by atoms with Crippen molar-refractivity contribution in [3.63, 3.8) is 0 Å². The Labute approximate surface area is 107 Å². The molecular formula is C10H12N6OS. The molecular weight excluding hydrogens is 252 g/mol. The molecule has 0 aliphatic rings. The SMILES string of the molecule is NNC(=O)c1ccccc1CSc1nncn1N. The summed E-state index contributed by atoms with van der Waals surface area (Å²) in [6, 6.07) is 7.21. The van der Waals surface area contributed by atoms with E-state index in [-0.39, 0.29) is 5.91 Å². The van der Waals surface area contributed by atoms with Crippen LogP contribution in [0.1, 0.15) is 15.9 Å². The lowest BCUT2D eigenvalue weighted by atomic mass is 10.1. The number of nitrogens with zero attached hydrogens (tertiary/aromatic N) is 3. The van der Waals surface area contributed by atoms with Crippen molar-refractivity contribution in [2.45, 2.75) is 10.9 Å². The summed E-state index contributed by atoms with van der Waals surface area (Å²) in [6.45, 7) is 0. The van der Waals surface area contributed by atoms with Gasteiger partial charge in [-0.1, -0.05) is 30.0 Å². The van der Waals surface area contributed by atoms with Gasteiger partial charge in [0.15, 0.2) is 0 Å². The van der Waals surface area contributed by atoms with Crippen molar-refractivity contribution < 1.29 is 4.79 Å². The predicted molar refractivity (Wildman–Crippen MR) is 67.8 cm³/mol. The van der Waals surface area contributed by atoms with Gasteiger partial charge in [-0.05, 0) is 11.6 Å². The van der Waals surface area contributed by atoms with E-state index in [1.165, 1.54) is 22.8 Å². The molecule has 1 heterocycles. The van der Waals surface area contributed by atoms with Crippen molar-refractivity contribution in [1.29, 1.82) is 0 Å². The molecule has 1 amide bonds. The Hall–Kier alpha value is -2.06. The number of hydrogen-bond donors (Lipinski definition) is 3. The smallest absolute Gasteiger partial charge is 0.265 e. The van der Waals surface area contributed by atoms with Crippen LogP contribution in [0, 0.1) is 0 Å². The van der Waals surface area contributed by atoms with Crippen LogP contribution in [-0.2, 0) is 5.75 Å². The molecule has 2 rings (SSSR count). The number of hydrazine groups is 1. The molecule has 0 spiro atoms. The second-order valence-corrected chi connectivity index (χ2v) is 4.38. The molecule has 1 aromatic heterocycles. The van der Waals surface area contributed by atoms with Gasteiger partial charge < -0.3 is 5.84 Å². The van der Waals surface area contributed by atoms with Crippen LogP contribution in [0.4, 0.5) is 0 Å². The lowest BCUT2D eigenvalue weighted by Gasteiger charge is -2.07. The van der Waals surface area contributed by atoms with E-state index >= 15 is 0 Å². The molecule has 8 heteroatoms. The number of aromatic nitrogens is 3. The summed E-state index contributed by atoms with van der Waals surface area (Å²) in [7, 11) is 0. The summed E-state index contributed by atoms with van der Waals surface area (Å²) in [6.07, 6.45) is 1.42. The molecule has 0 saturated heterocycles. The zero-order valence-electron chi connectivity index (χ0n) is 9.41. The molecule has 0 unspecified atom stereocenters. The third kappa shape index (κ3) is 2.60. The van der Waals surface area contributed by atoms with E-state index in [0.717, 1.165) is 5.56 Å². The molecule has 0 radical (unpaired) electrons. The molecule has 18 heavy (non-hydrogen) atoms. The zero-order chi connectivity index (χ0) is 13.0. The third-order valence-corrected chi connectivity index (χ3v) is 3.30. The first-order chi connectivity index (χ1) is 8.72. The second-order valence-electron chi connectivity index (χ2n) is 3.44. The van der Waals surface area contributed by atoms with Gasteiger partial charge in [0.25, 0.3) is 5.91 Å². The van der Waals surface area contributed by atoms with Crippen molar-refractivity contribution in [3.05, 3.63) is 41.7 Å². The van der Waals surface area contributed by atoms with Crippen molar-refractivity contribution in [2.75, 3.05) is 5.84 Å². The van der Waals surface area contributed by atoms with E-state index in [1.807, 2.05) is 12.1 Å². The number of carbonyl (C=O) groups excluding carboxylic acids is 1. The average molecular weight is 264 g/mol. The van der Waals surface area contributed by atoms with Gasteiger partial charge in [-0.3, -0.25) is 10.2 Å². The molecule has 0 aliphatic carbocycles. The molecule has 2 aromatic rings. The Bertz CT molecular complexity index is 555. The Morgan fingerprint density at radius 3 is 2.89 bits per heavy atom. The van der Waals surface area contributed by atoms with E-state index < -0.39 is 0 Å². The fourth-order valence-corrected chi connectivity index (χ4v) is 2.26. The zero-order valence-corrected chi connectivity index (χ0v) is 10.2. The fraction of sp³-hybridized carbons (Fsp3) is 0.100. The number of carbonyl (C=O) groups is 1. The quantitative estimate of drug-likeness (QED) is 0.307. The van der Waals surface area contributed by atoms with E-state index in [1.54, 1.807) is 12.1 Å². The Morgan fingerprint density at radius 1 is 1.44 bits per heavy atom. The summed E-state index contributed by atoms with van der Waals surface area (Å²) < 4.78 is 1.33. The van der Waals surface area contributed by atoms with Gasteiger partial charge in [-0.25, -0.2) is 10.5 Å². The van der Waals surface area contributed by atoms with E-state index in [2.05, 4.69) is 15.6 Å². The first-order valence-electron chi connectivity index (χ1n) is 5.09. The minimum atomic E-state index is -0.319. The van der Waals surface area contributed by atoms with Crippen LogP contribution in [0.5, 0.6) is 0 Å². The van der Waals surface area contributed by atoms with E-state index in [4.69, 9.17) is 11.7 Å². The van der Waals surface area contributed by atoms with Crippen LogP contribution in [0.25, 0.3) is 0 Å². The number of amides is 1. The van der Waals surface area contributed by atoms with Crippen LogP contribution < -0.4 is 17.1 Å². The maximum absolute atomic E-state index is 11.6. The van der Waals surface area contributed by atoms with Crippen molar-refractivity contribution in [2.24, 2.45) is 5.84 Å². The summed E-state index contributed by atoms with van der Waals surface area (Å²) in [5.74, 6) is 11.0. The number of rotatable bonds is 4. The van der Waals surface area contributed by atoms with Gasteiger partial charge in [0.1, 0.15) is 6.33 Å². The highest BCUT2D eigenvalue weighted by atomic mass is 32.2. The summed E-state index contributed by atoms with van der Waals surface area (Å²) in [5, 5.41) is 8.11. The summed E-state index contributed by atoms with van der Waals surface area (Å²) in [5.41, 5.74) is 3.51. The minimum absolute atomic E-state index is 0.319. The molecule has 0 aliphatic heterocycles. The second kappa shape index (κ2) is 5.52. The normalized spacial score (nSPS) is 10.3.